The fraction of sp³-hybridized carbons (Fsp3) is 0.967. The van der Waals surface area contributed by atoms with Gasteiger partial charge in [0.05, 0.1) is 32.0 Å². The number of aliphatic hydroxyl groups is 8. The van der Waals surface area contributed by atoms with Crippen LogP contribution in [0.3, 0.4) is 0 Å². The third kappa shape index (κ3) is 57.7. The molecule has 1 amide bonds. The van der Waals surface area contributed by atoms with E-state index in [0.29, 0.717) is 12.8 Å². The summed E-state index contributed by atoms with van der Waals surface area (Å²) in [6, 6.07) is -0.828. The lowest BCUT2D eigenvalue weighted by molar-refractivity contribution is -0.359. The van der Waals surface area contributed by atoms with Gasteiger partial charge in [0.1, 0.15) is 48.8 Å². The molecule has 2 aliphatic heterocycles. The Morgan fingerprint density at radius 1 is 0.330 bits per heavy atom. The molecule has 14 nitrogen and oxygen atoms in total. The normalized spacial score (nSPS) is 21.2. The standard InChI is InChI=1S/C92H179NO13/c1-3-5-7-9-11-13-15-17-19-21-23-25-27-29-31-33-35-37-38-39-40-41-42-44-46-48-50-52-54-56-58-60-62-64-66-68-70-72-74-76-84(97)93-80(79-103-91-89(102)87(100)90(83(78-95)105-91)106-92-88(101)86(99)85(98)82(77-94)104-92)81(96)75-73-71-69-67-65-63-61-59-57-55-53-51-49-47-45-43-36-34-32-30-28-26-24-22-20-18-16-14-12-10-8-6-4-2/h21,23,80-83,85-92,94-96,98-102H,3-20,22,24-79H2,1-2H3,(H,93,97)/b23-21-. The molecule has 0 saturated carbocycles. The summed E-state index contributed by atoms with van der Waals surface area (Å²) < 4.78 is 23.1. The second-order valence-electron chi connectivity index (χ2n) is 33.5. The summed E-state index contributed by atoms with van der Waals surface area (Å²) in [7, 11) is 0. The van der Waals surface area contributed by atoms with Crippen molar-refractivity contribution in [1.82, 2.24) is 5.32 Å². The minimum atomic E-state index is -1.78. The van der Waals surface area contributed by atoms with Crippen LogP contribution in [-0.2, 0) is 23.7 Å². The number of unbranched alkanes of at least 4 members (excludes halogenated alkanes) is 67. The zero-order valence-corrected chi connectivity index (χ0v) is 69.7. The van der Waals surface area contributed by atoms with E-state index in [4.69, 9.17) is 18.9 Å². The first-order chi connectivity index (χ1) is 52.1. The number of carbonyl (C=O) groups excluding carboxylic acids is 1. The lowest BCUT2D eigenvalue weighted by Gasteiger charge is -2.46. The average molecular weight is 1510 g/mol. The minimum Gasteiger partial charge on any atom is -0.394 e. The summed E-state index contributed by atoms with van der Waals surface area (Å²) >= 11 is 0. The van der Waals surface area contributed by atoms with Crippen LogP contribution in [0.5, 0.6) is 0 Å². The van der Waals surface area contributed by atoms with E-state index in [-0.39, 0.29) is 12.5 Å². The van der Waals surface area contributed by atoms with Crippen LogP contribution in [0.15, 0.2) is 12.2 Å². The smallest absolute Gasteiger partial charge is 0.220 e. The monoisotopic (exact) mass is 1510 g/mol. The van der Waals surface area contributed by atoms with Gasteiger partial charge in [-0.05, 0) is 38.5 Å². The zero-order chi connectivity index (χ0) is 76.5. The van der Waals surface area contributed by atoms with Crippen LogP contribution in [0.1, 0.15) is 476 Å². The van der Waals surface area contributed by atoms with E-state index >= 15 is 0 Å². The molecule has 0 aliphatic carbocycles. The van der Waals surface area contributed by atoms with Crippen LogP contribution in [0, 0.1) is 0 Å². The number of ether oxygens (including phenoxy) is 4. The van der Waals surface area contributed by atoms with Gasteiger partial charge >= 0.3 is 0 Å². The molecule has 9 N–H and O–H groups in total. The Kier molecular flexibility index (Phi) is 72.6. The maximum absolute atomic E-state index is 13.5. The van der Waals surface area contributed by atoms with Crippen LogP contribution < -0.4 is 5.32 Å². The molecule has 12 unspecified atom stereocenters. The summed E-state index contributed by atoms with van der Waals surface area (Å²) in [5.74, 6) is -0.194. The molecule has 2 heterocycles. The lowest BCUT2D eigenvalue weighted by atomic mass is 9.97. The summed E-state index contributed by atoms with van der Waals surface area (Å²) in [5.41, 5.74) is 0. The SMILES string of the molecule is CCCCCCCCCC/C=C\CCCCCCCCCCCCCCCCCCCCCCCCCCCCCC(=O)NC(COC1OC(CO)C(OC2OC(CO)C(O)C(O)C2O)C(O)C1O)C(O)CCCCCCCCCCCCCCCCCCCCCCCCCCCCCCCCCCC. The molecule has 0 aromatic heterocycles. The quantitative estimate of drug-likeness (QED) is 0.0204. The first kappa shape index (κ1) is 101. The molecule has 0 aromatic rings. The van der Waals surface area contributed by atoms with Gasteiger partial charge in [-0.1, -0.05) is 443 Å². The van der Waals surface area contributed by atoms with Gasteiger partial charge in [-0.3, -0.25) is 4.79 Å². The molecular weight excluding hydrogens is 1330 g/mol. The van der Waals surface area contributed by atoms with E-state index in [1.165, 1.54) is 398 Å². The lowest BCUT2D eigenvalue weighted by Crippen LogP contribution is -2.65. The van der Waals surface area contributed by atoms with Crippen LogP contribution >= 0.6 is 0 Å². The summed E-state index contributed by atoms with van der Waals surface area (Å²) in [6.07, 6.45) is 83.1. The minimum absolute atomic E-state index is 0.194. The van der Waals surface area contributed by atoms with Gasteiger partial charge in [0.15, 0.2) is 12.6 Å². The van der Waals surface area contributed by atoms with Crippen LogP contribution in [-0.4, -0.2) is 140 Å². The van der Waals surface area contributed by atoms with Crippen molar-refractivity contribution in [3.05, 3.63) is 12.2 Å². The Bertz CT molecular complexity index is 1830. The molecule has 106 heavy (non-hydrogen) atoms. The van der Waals surface area contributed by atoms with Crippen molar-refractivity contribution >= 4 is 5.91 Å². The number of carbonyl (C=O) groups is 1. The second kappa shape index (κ2) is 76.4. The fourth-order valence-corrected chi connectivity index (χ4v) is 16.1. The predicted octanol–water partition coefficient (Wildman–Crippen LogP) is 23.2. The van der Waals surface area contributed by atoms with Gasteiger partial charge in [-0.25, -0.2) is 0 Å². The topological polar surface area (TPSA) is 228 Å². The van der Waals surface area contributed by atoms with E-state index in [0.717, 1.165) is 51.4 Å². The number of hydrogen-bond donors (Lipinski definition) is 9. The molecule has 0 radical (unpaired) electrons. The Labute approximate surface area is 654 Å². The molecule has 12 atom stereocenters. The molecule has 2 fully saturated rings. The third-order valence-corrected chi connectivity index (χ3v) is 23.5. The van der Waals surface area contributed by atoms with Gasteiger partial charge in [-0.2, -0.15) is 0 Å². The number of allylic oxidation sites excluding steroid dienone is 2. The Morgan fingerprint density at radius 2 is 0.594 bits per heavy atom. The highest BCUT2D eigenvalue weighted by atomic mass is 16.7. The van der Waals surface area contributed by atoms with Crippen molar-refractivity contribution in [1.29, 1.82) is 0 Å². The van der Waals surface area contributed by atoms with Gasteiger partial charge < -0.3 is 65.1 Å². The molecule has 0 spiro atoms. The second-order valence-corrected chi connectivity index (χ2v) is 33.5. The molecule has 2 saturated heterocycles. The Balaban J connectivity index is 1.53. The van der Waals surface area contributed by atoms with Crippen molar-refractivity contribution in [2.75, 3.05) is 19.8 Å². The molecule has 2 rings (SSSR count). The van der Waals surface area contributed by atoms with Crippen molar-refractivity contribution in [2.45, 2.75) is 550 Å². The van der Waals surface area contributed by atoms with Gasteiger partial charge in [0, 0.05) is 6.42 Å². The number of rotatable bonds is 82. The molecule has 0 aromatic carbocycles. The van der Waals surface area contributed by atoms with E-state index in [2.05, 4.69) is 31.3 Å². The highest BCUT2D eigenvalue weighted by Crippen LogP contribution is 2.31. The summed E-state index contributed by atoms with van der Waals surface area (Å²) in [6.45, 7) is 2.96. The van der Waals surface area contributed by atoms with Crippen molar-refractivity contribution in [2.24, 2.45) is 0 Å². The first-order valence-corrected chi connectivity index (χ1v) is 46.9. The molecule has 0 bridgehead atoms. The van der Waals surface area contributed by atoms with Gasteiger partial charge in [-0.15, -0.1) is 0 Å². The zero-order valence-electron chi connectivity index (χ0n) is 69.7. The molecule has 14 heteroatoms. The third-order valence-electron chi connectivity index (χ3n) is 23.5. The van der Waals surface area contributed by atoms with E-state index < -0.39 is 86.8 Å². The number of amides is 1. The van der Waals surface area contributed by atoms with E-state index in [9.17, 15) is 45.6 Å². The average Bonchev–Trinajstić information content (AvgIpc) is 0.789. The van der Waals surface area contributed by atoms with Crippen molar-refractivity contribution < 1.29 is 64.6 Å². The maximum Gasteiger partial charge on any atom is 0.220 e. The summed E-state index contributed by atoms with van der Waals surface area (Å²) in [5, 5.41) is 88.1. The highest BCUT2D eigenvalue weighted by Gasteiger charge is 2.51. The first-order valence-electron chi connectivity index (χ1n) is 46.9. The van der Waals surface area contributed by atoms with Crippen LogP contribution in [0.4, 0.5) is 0 Å². The predicted molar refractivity (Wildman–Crippen MR) is 443 cm³/mol. The van der Waals surface area contributed by atoms with E-state index in [1.54, 1.807) is 0 Å². The number of hydrogen-bond acceptors (Lipinski definition) is 13. The molecule has 630 valence electrons. The van der Waals surface area contributed by atoms with Crippen molar-refractivity contribution in [3.63, 3.8) is 0 Å². The molecular formula is C92H179NO13. The van der Waals surface area contributed by atoms with Crippen molar-refractivity contribution in [3.8, 4) is 0 Å². The largest absolute Gasteiger partial charge is 0.394 e. The number of nitrogens with one attached hydrogen (secondary N) is 1. The van der Waals surface area contributed by atoms with Crippen LogP contribution in [0.2, 0.25) is 0 Å². The maximum atomic E-state index is 13.5. The highest BCUT2D eigenvalue weighted by molar-refractivity contribution is 5.76. The fourth-order valence-electron chi connectivity index (χ4n) is 16.1. The van der Waals surface area contributed by atoms with Gasteiger partial charge in [0.2, 0.25) is 5.91 Å². The molecule has 2 aliphatic rings. The number of aliphatic hydroxyl groups excluding tert-OH is 8. The Morgan fingerprint density at radius 3 is 0.896 bits per heavy atom. The van der Waals surface area contributed by atoms with E-state index in [1.807, 2.05) is 0 Å². The van der Waals surface area contributed by atoms with Crippen LogP contribution in [0.25, 0.3) is 0 Å². The Hall–Kier alpha value is -1.27. The summed E-state index contributed by atoms with van der Waals surface area (Å²) in [4.78, 5) is 13.5. The van der Waals surface area contributed by atoms with Gasteiger partial charge in [0.25, 0.3) is 0 Å².